The van der Waals surface area contributed by atoms with E-state index in [0.29, 0.717) is 18.5 Å². The lowest BCUT2D eigenvalue weighted by Crippen LogP contribution is -2.46. The Bertz CT molecular complexity index is 1060. The first-order valence-corrected chi connectivity index (χ1v) is 11.1. The van der Waals surface area contributed by atoms with Crippen LogP contribution in [0, 0.1) is 5.82 Å². The number of hydrogen-bond acceptors (Lipinski definition) is 5. The number of halogens is 1. The fourth-order valence-electron chi connectivity index (χ4n) is 3.26. The predicted octanol–water partition coefficient (Wildman–Crippen LogP) is 3.52. The molecule has 1 N–H and O–H groups in total. The summed E-state index contributed by atoms with van der Waals surface area (Å²) in [5, 5.41) is 2.97. The molecular weight excluding hydrogens is 407 g/mol. The summed E-state index contributed by atoms with van der Waals surface area (Å²) in [7, 11) is -4.01. The Morgan fingerprint density at radius 1 is 1.03 bits per heavy atom. The first-order chi connectivity index (χ1) is 14.1. The zero-order valence-electron chi connectivity index (χ0n) is 17.2. The molecule has 1 amide bonds. The molecular formula is C22H25FN2O4S. The van der Waals surface area contributed by atoms with E-state index < -0.39 is 27.3 Å². The maximum atomic E-state index is 13.6. The summed E-state index contributed by atoms with van der Waals surface area (Å²) in [4.78, 5) is 13.0. The molecule has 0 aliphatic carbocycles. The average Bonchev–Trinajstić information content (AvgIpc) is 2.88. The zero-order chi connectivity index (χ0) is 21.9. The molecule has 0 atom stereocenters. The molecule has 0 bridgehead atoms. The minimum absolute atomic E-state index is 0.0296. The van der Waals surface area contributed by atoms with Crippen molar-refractivity contribution in [1.82, 2.24) is 9.62 Å². The topological polar surface area (TPSA) is 75.7 Å². The average molecular weight is 433 g/mol. The fourth-order valence-corrected chi connectivity index (χ4v) is 5.33. The largest absolute Gasteiger partial charge is 0.490 e. The van der Waals surface area contributed by atoms with E-state index in [1.54, 1.807) is 63.2 Å². The molecule has 8 heteroatoms. The van der Waals surface area contributed by atoms with Gasteiger partial charge in [-0.15, -0.1) is 0 Å². The van der Waals surface area contributed by atoms with Crippen LogP contribution in [0.3, 0.4) is 0 Å². The number of amides is 1. The van der Waals surface area contributed by atoms with Crippen molar-refractivity contribution in [2.75, 3.05) is 13.2 Å². The van der Waals surface area contributed by atoms with Gasteiger partial charge in [-0.3, -0.25) is 4.79 Å². The number of ether oxygens (including phenoxy) is 1. The van der Waals surface area contributed by atoms with Gasteiger partial charge in [0.25, 0.3) is 15.9 Å². The molecule has 0 fully saturated rings. The number of sulfonamides is 1. The van der Waals surface area contributed by atoms with Gasteiger partial charge in [-0.1, -0.05) is 42.5 Å². The fraction of sp³-hybridized carbons (Fsp3) is 0.318. The quantitative estimate of drug-likeness (QED) is 0.678. The van der Waals surface area contributed by atoms with Crippen LogP contribution < -0.4 is 10.1 Å². The smallest absolute Gasteiger partial charge is 0.285 e. The van der Waals surface area contributed by atoms with Gasteiger partial charge in [-0.25, -0.2) is 17.1 Å². The number of carbonyl (C=O) groups is 1. The highest BCUT2D eigenvalue weighted by atomic mass is 32.2. The number of benzene rings is 2. The Morgan fingerprint density at radius 3 is 2.30 bits per heavy atom. The van der Waals surface area contributed by atoms with Crippen LogP contribution in [-0.2, 0) is 14.8 Å². The highest BCUT2D eigenvalue weighted by Crippen LogP contribution is 2.38. The lowest BCUT2D eigenvalue weighted by atomic mass is 10.1. The highest BCUT2D eigenvalue weighted by Gasteiger charge is 2.49. The zero-order valence-corrected chi connectivity index (χ0v) is 18.0. The van der Waals surface area contributed by atoms with Crippen molar-refractivity contribution in [3.05, 3.63) is 71.7 Å². The number of nitrogens with zero attached hydrogens (tertiary/aromatic N) is 1. The summed E-state index contributed by atoms with van der Waals surface area (Å²) in [6.45, 7) is 5.54. The van der Waals surface area contributed by atoms with Gasteiger partial charge in [-0.2, -0.15) is 0 Å². The Morgan fingerprint density at radius 2 is 1.67 bits per heavy atom. The number of para-hydroxylation sites is 1. The third kappa shape index (κ3) is 4.33. The van der Waals surface area contributed by atoms with E-state index in [0.717, 1.165) is 4.31 Å². The molecule has 3 rings (SSSR count). The summed E-state index contributed by atoms with van der Waals surface area (Å²) in [5.41, 5.74) is -0.419. The van der Waals surface area contributed by atoms with Crippen molar-refractivity contribution < 1.29 is 22.3 Å². The van der Waals surface area contributed by atoms with Crippen molar-refractivity contribution in [2.24, 2.45) is 0 Å². The lowest BCUT2D eigenvalue weighted by Gasteiger charge is -2.30. The monoisotopic (exact) mass is 432 g/mol. The van der Waals surface area contributed by atoms with Crippen molar-refractivity contribution in [2.45, 2.75) is 32.7 Å². The van der Waals surface area contributed by atoms with E-state index in [1.807, 2.05) is 0 Å². The summed E-state index contributed by atoms with van der Waals surface area (Å²) in [6, 6.07) is 14.7. The molecule has 0 spiro atoms. The molecule has 6 nitrogen and oxygen atoms in total. The third-order valence-electron chi connectivity index (χ3n) is 4.49. The van der Waals surface area contributed by atoms with Gasteiger partial charge in [0, 0.05) is 6.54 Å². The Labute approximate surface area is 176 Å². The second-order valence-corrected chi connectivity index (χ2v) is 9.60. The molecule has 0 radical (unpaired) electrons. The van der Waals surface area contributed by atoms with Crippen LogP contribution in [0.2, 0.25) is 0 Å². The Balaban J connectivity index is 1.79. The molecule has 160 valence electrons. The second kappa shape index (κ2) is 8.47. The van der Waals surface area contributed by atoms with Crippen LogP contribution in [0.1, 0.15) is 32.8 Å². The first kappa shape index (κ1) is 21.8. The molecule has 1 aliphatic heterocycles. The third-order valence-corrected chi connectivity index (χ3v) is 6.64. The number of carbonyl (C=O) groups excluding carboxylic acids is 1. The SMILES string of the molecule is CC(C)(C)N1C(=O)C(NCCCOc2ccccc2F)=C(c2ccccc2)S1(=O)=O. The number of hydrogen-bond donors (Lipinski definition) is 1. The van der Waals surface area contributed by atoms with Gasteiger partial charge < -0.3 is 10.1 Å². The molecule has 1 aliphatic rings. The van der Waals surface area contributed by atoms with Crippen molar-refractivity contribution in [1.29, 1.82) is 0 Å². The van der Waals surface area contributed by atoms with Gasteiger partial charge in [0.05, 0.1) is 12.1 Å². The van der Waals surface area contributed by atoms with E-state index in [9.17, 15) is 17.6 Å². The van der Waals surface area contributed by atoms with Gasteiger partial charge in [-0.05, 0) is 44.9 Å². The van der Waals surface area contributed by atoms with E-state index in [1.165, 1.54) is 12.1 Å². The normalized spacial score (nSPS) is 16.1. The maximum absolute atomic E-state index is 13.6. The molecule has 30 heavy (non-hydrogen) atoms. The van der Waals surface area contributed by atoms with E-state index in [4.69, 9.17) is 4.74 Å². The Hall–Kier alpha value is -2.87. The van der Waals surface area contributed by atoms with Crippen molar-refractivity contribution in [3.8, 4) is 5.75 Å². The molecule has 2 aromatic carbocycles. The summed E-state index contributed by atoms with van der Waals surface area (Å²) in [6.07, 6.45) is 0.447. The number of rotatable bonds is 7. The first-order valence-electron chi connectivity index (χ1n) is 9.64. The molecule has 2 aromatic rings. The van der Waals surface area contributed by atoms with Crippen molar-refractivity contribution in [3.63, 3.8) is 0 Å². The molecule has 0 saturated heterocycles. The molecule has 0 unspecified atom stereocenters. The summed E-state index contributed by atoms with van der Waals surface area (Å²) in [5.74, 6) is -0.881. The number of nitrogens with one attached hydrogen (secondary N) is 1. The van der Waals surface area contributed by atoms with Crippen LogP contribution in [0.5, 0.6) is 5.75 Å². The lowest BCUT2D eigenvalue weighted by molar-refractivity contribution is -0.125. The van der Waals surface area contributed by atoms with Gasteiger partial charge >= 0.3 is 0 Å². The van der Waals surface area contributed by atoms with Crippen LogP contribution >= 0.6 is 0 Å². The van der Waals surface area contributed by atoms with Crippen LogP contribution in [0.4, 0.5) is 4.39 Å². The van der Waals surface area contributed by atoms with Gasteiger partial charge in [0.1, 0.15) is 10.6 Å². The van der Waals surface area contributed by atoms with E-state index >= 15 is 0 Å². The van der Waals surface area contributed by atoms with Crippen molar-refractivity contribution >= 4 is 20.8 Å². The molecule has 1 heterocycles. The summed E-state index contributed by atoms with van der Waals surface area (Å²) >= 11 is 0. The maximum Gasteiger partial charge on any atom is 0.285 e. The second-order valence-electron chi connectivity index (χ2n) is 7.87. The van der Waals surface area contributed by atoms with Crippen LogP contribution in [0.15, 0.2) is 60.3 Å². The predicted molar refractivity (Wildman–Crippen MR) is 113 cm³/mol. The highest BCUT2D eigenvalue weighted by molar-refractivity contribution is 7.99. The van der Waals surface area contributed by atoms with Gasteiger partial charge in [0.2, 0.25) is 0 Å². The van der Waals surface area contributed by atoms with Crippen LogP contribution in [-0.4, -0.2) is 37.3 Å². The standard InChI is InChI=1S/C22H25FN2O4S/c1-22(2,3)25-21(26)19(20(30(25,27)28)16-10-5-4-6-11-16)24-14-9-15-29-18-13-8-7-12-17(18)23/h4-8,10-13,24H,9,14-15H2,1-3H3. The van der Waals surface area contributed by atoms with E-state index in [2.05, 4.69) is 5.32 Å². The van der Waals surface area contributed by atoms with Gasteiger partial charge in [0.15, 0.2) is 11.6 Å². The molecule has 0 saturated carbocycles. The van der Waals surface area contributed by atoms with E-state index in [-0.39, 0.29) is 23.0 Å². The minimum atomic E-state index is -4.01. The molecule has 0 aromatic heterocycles. The van der Waals surface area contributed by atoms with Crippen LogP contribution in [0.25, 0.3) is 4.91 Å². The minimum Gasteiger partial charge on any atom is -0.490 e. The Kier molecular flexibility index (Phi) is 6.17. The summed E-state index contributed by atoms with van der Waals surface area (Å²) < 4.78 is 46.4.